The average Bonchev–Trinajstić information content (AvgIpc) is 2.80. The van der Waals surface area contributed by atoms with Crippen LogP contribution in [0.4, 0.5) is 0 Å². The Morgan fingerprint density at radius 1 is 1.25 bits per heavy atom. The van der Waals surface area contributed by atoms with Crippen molar-refractivity contribution in [3.8, 4) is 11.5 Å². The van der Waals surface area contributed by atoms with Crippen LogP contribution < -0.4 is 4.74 Å². The van der Waals surface area contributed by atoms with Gasteiger partial charge in [0.2, 0.25) is 0 Å². The van der Waals surface area contributed by atoms with Crippen LogP contribution in [0.25, 0.3) is 11.6 Å². The molecule has 1 aromatic carbocycles. The average molecular weight is 265 g/mol. The Balaban J connectivity index is 1.98. The molecule has 1 atom stereocenters. The van der Waals surface area contributed by atoms with Crippen LogP contribution in [-0.2, 0) is 5.41 Å². The fourth-order valence-corrected chi connectivity index (χ4v) is 3.26. The van der Waals surface area contributed by atoms with E-state index in [1.165, 1.54) is 5.57 Å². The predicted molar refractivity (Wildman–Crippen MR) is 77.7 cm³/mol. The number of hydrogen-bond donors (Lipinski definition) is 1. The van der Waals surface area contributed by atoms with Crippen LogP contribution in [-0.4, -0.2) is 16.2 Å². The second-order valence-corrected chi connectivity index (χ2v) is 5.96. The van der Waals surface area contributed by atoms with Gasteiger partial charge in [0.05, 0.1) is 0 Å². The molecule has 2 heterocycles. The molecule has 1 aliphatic heterocycles. The van der Waals surface area contributed by atoms with E-state index >= 15 is 0 Å². The Hall–Kier alpha value is -2.29. The lowest BCUT2D eigenvalue weighted by molar-refractivity contribution is 0.190. The second-order valence-electron chi connectivity index (χ2n) is 5.96. The van der Waals surface area contributed by atoms with Crippen molar-refractivity contribution in [2.45, 2.75) is 25.4 Å². The number of nitrogens with zero attached hydrogens (tertiary/aromatic N) is 1. The number of benzene rings is 1. The van der Waals surface area contributed by atoms with Crippen molar-refractivity contribution < 1.29 is 9.84 Å². The van der Waals surface area contributed by atoms with Crippen LogP contribution in [0, 0.1) is 0 Å². The summed E-state index contributed by atoms with van der Waals surface area (Å²) < 4.78 is 6.13. The lowest BCUT2D eigenvalue weighted by atomic mass is 9.70. The SMILES string of the molecule is CC1(C)c2cc(O)ccc2C=C2c3cnccc3OC21. The summed E-state index contributed by atoms with van der Waals surface area (Å²) in [7, 11) is 0. The highest BCUT2D eigenvalue weighted by molar-refractivity contribution is 5.92. The first-order valence-electron chi connectivity index (χ1n) is 6.73. The van der Waals surface area contributed by atoms with E-state index in [1.54, 1.807) is 12.3 Å². The van der Waals surface area contributed by atoms with Crippen molar-refractivity contribution in [3.63, 3.8) is 0 Å². The molecule has 0 spiro atoms. The molecule has 0 saturated heterocycles. The third-order valence-electron chi connectivity index (χ3n) is 4.32. The Kier molecular flexibility index (Phi) is 2.09. The molecule has 0 amide bonds. The summed E-state index contributed by atoms with van der Waals surface area (Å²) in [5, 5.41) is 9.76. The third-order valence-corrected chi connectivity index (χ3v) is 4.32. The molecule has 3 nitrogen and oxygen atoms in total. The van der Waals surface area contributed by atoms with Gasteiger partial charge >= 0.3 is 0 Å². The summed E-state index contributed by atoms with van der Waals surface area (Å²) in [6.45, 7) is 4.31. The van der Waals surface area contributed by atoms with Gasteiger partial charge in [-0.15, -0.1) is 0 Å². The standard InChI is InChI=1S/C17H15NO2/c1-17(2)14-8-11(19)4-3-10(14)7-12-13-9-18-6-5-15(13)20-16(12)17/h3-9,16,19H,1-2H3. The van der Waals surface area contributed by atoms with Gasteiger partial charge in [-0.1, -0.05) is 19.9 Å². The maximum atomic E-state index is 9.76. The van der Waals surface area contributed by atoms with Crippen molar-refractivity contribution in [3.05, 3.63) is 53.3 Å². The highest BCUT2D eigenvalue weighted by Gasteiger charge is 2.45. The van der Waals surface area contributed by atoms with Crippen molar-refractivity contribution in [1.29, 1.82) is 0 Å². The summed E-state index contributed by atoms with van der Waals surface area (Å²) in [4.78, 5) is 4.20. The number of phenolic OH excluding ortho intramolecular Hbond substituents is 1. The van der Waals surface area contributed by atoms with Gasteiger partial charge in [-0.3, -0.25) is 4.98 Å². The van der Waals surface area contributed by atoms with E-state index in [0.29, 0.717) is 5.75 Å². The van der Waals surface area contributed by atoms with E-state index in [0.717, 1.165) is 22.4 Å². The number of rotatable bonds is 0. The molecule has 0 saturated carbocycles. The van der Waals surface area contributed by atoms with Crippen LogP contribution in [0.15, 0.2) is 36.7 Å². The number of fused-ring (bicyclic) bond motifs is 4. The molecule has 2 aliphatic rings. The third kappa shape index (κ3) is 1.38. The first-order chi connectivity index (χ1) is 9.57. The zero-order valence-electron chi connectivity index (χ0n) is 11.4. The number of aromatic nitrogens is 1. The number of pyridine rings is 1. The fraction of sp³-hybridized carbons (Fsp3) is 0.235. The highest BCUT2D eigenvalue weighted by atomic mass is 16.5. The van der Waals surface area contributed by atoms with Crippen molar-refractivity contribution in [2.75, 3.05) is 0 Å². The molecule has 1 N–H and O–H groups in total. The van der Waals surface area contributed by atoms with E-state index in [1.807, 2.05) is 24.4 Å². The minimum absolute atomic E-state index is 0.0315. The maximum absolute atomic E-state index is 9.76. The molecule has 1 unspecified atom stereocenters. The smallest absolute Gasteiger partial charge is 0.134 e. The topological polar surface area (TPSA) is 42.4 Å². The summed E-state index contributed by atoms with van der Waals surface area (Å²) >= 11 is 0. The van der Waals surface area contributed by atoms with Crippen molar-refractivity contribution >= 4 is 11.6 Å². The molecule has 2 aromatic rings. The monoisotopic (exact) mass is 265 g/mol. The summed E-state index contributed by atoms with van der Waals surface area (Å²) in [5.74, 6) is 1.19. The Bertz CT molecular complexity index is 746. The Morgan fingerprint density at radius 2 is 2.10 bits per heavy atom. The molecule has 100 valence electrons. The lowest BCUT2D eigenvalue weighted by Crippen LogP contribution is -2.39. The van der Waals surface area contributed by atoms with E-state index in [4.69, 9.17) is 4.74 Å². The van der Waals surface area contributed by atoms with E-state index in [9.17, 15) is 5.11 Å². The van der Waals surface area contributed by atoms with Crippen LogP contribution in [0.2, 0.25) is 0 Å². The molecule has 20 heavy (non-hydrogen) atoms. The second kappa shape index (κ2) is 3.63. The Labute approximate surface area is 117 Å². The van der Waals surface area contributed by atoms with Gasteiger partial charge in [-0.25, -0.2) is 0 Å². The molecule has 0 radical (unpaired) electrons. The van der Waals surface area contributed by atoms with Crippen LogP contribution >= 0.6 is 0 Å². The minimum atomic E-state index is -0.197. The van der Waals surface area contributed by atoms with Crippen LogP contribution in [0.3, 0.4) is 0 Å². The summed E-state index contributed by atoms with van der Waals surface area (Å²) in [6, 6.07) is 7.44. The molecule has 1 aliphatic carbocycles. The van der Waals surface area contributed by atoms with E-state index in [-0.39, 0.29) is 11.5 Å². The van der Waals surface area contributed by atoms with Gasteiger partial charge in [0.15, 0.2) is 0 Å². The van der Waals surface area contributed by atoms with Gasteiger partial charge in [0.1, 0.15) is 17.6 Å². The van der Waals surface area contributed by atoms with E-state index < -0.39 is 0 Å². The minimum Gasteiger partial charge on any atom is -0.508 e. The van der Waals surface area contributed by atoms with Gasteiger partial charge in [-0.2, -0.15) is 0 Å². The maximum Gasteiger partial charge on any atom is 0.134 e. The summed E-state index contributed by atoms with van der Waals surface area (Å²) in [6.07, 6.45) is 5.74. The molecule has 1 aromatic heterocycles. The molecular weight excluding hydrogens is 250 g/mol. The number of ether oxygens (including phenoxy) is 1. The first kappa shape index (κ1) is 11.5. The largest absolute Gasteiger partial charge is 0.508 e. The van der Waals surface area contributed by atoms with Crippen LogP contribution in [0.1, 0.15) is 30.5 Å². The van der Waals surface area contributed by atoms with Gasteiger partial charge in [-0.05, 0) is 35.4 Å². The molecular formula is C17H15NO2. The Morgan fingerprint density at radius 3 is 2.95 bits per heavy atom. The zero-order valence-corrected chi connectivity index (χ0v) is 11.4. The molecule has 0 fully saturated rings. The van der Waals surface area contributed by atoms with Gasteiger partial charge in [0.25, 0.3) is 0 Å². The highest BCUT2D eigenvalue weighted by Crippen LogP contribution is 2.50. The van der Waals surface area contributed by atoms with Gasteiger partial charge in [0, 0.05) is 28.9 Å². The van der Waals surface area contributed by atoms with Crippen molar-refractivity contribution in [1.82, 2.24) is 4.98 Å². The number of phenols is 1. The zero-order chi connectivity index (χ0) is 13.9. The lowest BCUT2D eigenvalue weighted by Gasteiger charge is -2.36. The van der Waals surface area contributed by atoms with Gasteiger partial charge < -0.3 is 9.84 Å². The molecule has 4 rings (SSSR count). The molecule has 3 heteroatoms. The predicted octanol–water partition coefficient (Wildman–Crippen LogP) is 3.38. The number of aromatic hydroxyl groups is 1. The first-order valence-corrected chi connectivity index (χ1v) is 6.73. The van der Waals surface area contributed by atoms with Crippen molar-refractivity contribution in [2.24, 2.45) is 0 Å². The number of hydrogen-bond acceptors (Lipinski definition) is 3. The normalized spacial score (nSPS) is 21.3. The molecule has 0 bridgehead atoms. The van der Waals surface area contributed by atoms with E-state index in [2.05, 4.69) is 24.9 Å². The summed E-state index contributed by atoms with van der Waals surface area (Å²) in [5.41, 5.74) is 4.31. The van der Waals surface area contributed by atoms with Crippen LogP contribution in [0.5, 0.6) is 11.5 Å². The fourth-order valence-electron chi connectivity index (χ4n) is 3.26. The quantitative estimate of drug-likeness (QED) is 0.794.